The van der Waals surface area contributed by atoms with Gasteiger partial charge in [0.2, 0.25) is 5.91 Å². The number of unbranched alkanes of at least 4 members (excludes halogenated alkanes) is 1. The molecule has 0 bridgehead atoms. The summed E-state index contributed by atoms with van der Waals surface area (Å²) in [5.41, 5.74) is 10.8. The van der Waals surface area contributed by atoms with E-state index in [0.29, 0.717) is 13.0 Å². The molecule has 1 radical (unpaired) electrons. The van der Waals surface area contributed by atoms with E-state index in [2.05, 4.69) is 5.32 Å². The molecule has 1 atom stereocenters. The van der Waals surface area contributed by atoms with E-state index < -0.39 is 21.8 Å². The van der Waals surface area contributed by atoms with Crippen molar-refractivity contribution in [1.29, 1.82) is 0 Å². The molecule has 5 N–H and O–H groups in total. The van der Waals surface area contributed by atoms with Gasteiger partial charge in [0.15, 0.2) is 15.7 Å². The summed E-state index contributed by atoms with van der Waals surface area (Å²) in [6, 6.07) is -0.686. The Labute approximate surface area is 90.3 Å². The molecule has 0 aromatic carbocycles. The highest BCUT2D eigenvalue weighted by atomic mass is 32.2. The summed E-state index contributed by atoms with van der Waals surface area (Å²) >= 11 is 0. The minimum Gasteiger partial charge on any atom is -0.336 e. The van der Waals surface area contributed by atoms with E-state index in [1.807, 2.05) is 0 Å². The molecule has 1 amide bonds. The molecule has 0 rings (SSSR count). The minimum absolute atomic E-state index is 0.488. The van der Waals surface area contributed by atoms with Gasteiger partial charge in [-0.15, -0.1) is 0 Å². The predicted octanol–water partition coefficient (Wildman–Crippen LogP) is -1.28. The lowest BCUT2D eigenvalue weighted by molar-refractivity contribution is -0.121. The summed E-state index contributed by atoms with van der Waals surface area (Å²) in [6.07, 6.45) is 3.05. The maximum absolute atomic E-state index is 11.2. The fourth-order valence-corrected chi connectivity index (χ4v) is 1.24. The Morgan fingerprint density at radius 3 is 2.53 bits per heavy atom. The average molecular weight is 236 g/mol. The van der Waals surface area contributed by atoms with Crippen LogP contribution in [0.15, 0.2) is 0 Å². The Morgan fingerprint density at radius 1 is 1.47 bits per heavy atom. The van der Waals surface area contributed by atoms with E-state index in [4.69, 9.17) is 11.5 Å². The van der Waals surface area contributed by atoms with Crippen LogP contribution in [-0.2, 0) is 14.6 Å². The fraction of sp³-hybridized carbons (Fsp3) is 0.750. The van der Waals surface area contributed by atoms with Crippen molar-refractivity contribution in [3.05, 3.63) is 5.88 Å². The molecule has 0 aromatic heterocycles. The number of rotatable bonds is 7. The lowest BCUT2D eigenvalue weighted by Crippen LogP contribution is -2.40. The summed E-state index contributed by atoms with van der Waals surface area (Å²) in [5, 5.41) is 2.14. The maximum atomic E-state index is 11.2. The lowest BCUT2D eigenvalue weighted by Gasteiger charge is -2.10. The molecule has 15 heavy (non-hydrogen) atoms. The zero-order chi connectivity index (χ0) is 11.9. The predicted molar refractivity (Wildman–Crippen MR) is 58.2 cm³/mol. The highest BCUT2D eigenvalue weighted by molar-refractivity contribution is 7.92. The second-order valence-corrected chi connectivity index (χ2v) is 5.24. The summed E-state index contributed by atoms with van der Waals surface area (Å²) in [5.74, 6) is 0.260. The van der Waals surface area contributed by atoms with Crippen LogP contribution in [0.2, 0.25) is 0 Å². The van der Waals surface area contributed by atoms with Crippen LogP contribution in [0.4, 0.5) is 0 Å². The Hall–Kier alpha value is -0.660. The van der Waals surface area contributed by atoms with Gasteiger partial charge in [0.25, 0.3) is 0 Å². The van der Waals surface area contributed by atoms with Gasteiger partial charge in [-0.05, 0) is 19.4 Å². The van der Waals surface area contributed by atoms with Crippen molar-refractivity contribution in [2.24, 2.45) is 11.5 Å². The molecule has 0 unspecified atom stereocenters. The third-order valence-electron chi connectivity index (χ3n) is 1.72. The third-order valence-corrected chi connectivity index (χ3v) is 2.27. The van der Waals surface area contributed by atoms with Gasteiger partial charge < -0.3 is 16.8 Å². The van der Waals surface area contributed by atoms with E-state index in [1.54, 1.807) is 0 Å². The molecule has 0 aliphatic carbocycles. The normalized spacial score (nSPS) is 13.5. The largest absolute Gasteiger partial charge is 0.336 e. The van der Waals surface area contributed by atoms with Crippen LogP contribution in [-0.4, -0.2) is 33.2 Å². The van der Waals surface area contributed by atoms with Crippen LogP contribution in [0.3, 0.4) is 0 Å². The molecular weight excluding hydrogens is 218 g/mol. The Kier molecular flexibility index (Phi) is 6.46. The van der Waals surface area contributed by atoms with Gasteiger partial charge in [-0.2, -0.15) is 0 Å². The highest BCUT2D eigenvalue weighted by Gasteiger charge is 2.14. The number of hydrogen-bond donors (Lipinski definition) is 3. The second-order valence-electron chi connectivity index (χ2n) is 3.35. The smallest absolute Gasteiger partial charge is 0.238 e. The van der Waals surface area contributed by atoms with Crippen molar-refractivity contribution in [2.75, 3.05) is 12.8 Å². The third kappa shape index (κ3) is 8.34. The van der Waals surface area contributed by atoms with E-state index in [1.165, 1.54) is 0 Å². The minimum atomic E-state index is -3.31. The number of sulfone groups is 1. The molecule has 0 aliphatic rings. The highest BCUT2D eigenvalue weighted by Crippen LogP contribution is 1.98. The summed E-state index contributed by atoms with van der Waals surface area (Å²) in [4.78, 5) is 11.2. The molecule has 89 valence electrons. The van der Waals surface area contributed by atoms with Gasteiger partial charge in [0, 0.05) is 6.26 Å². The second kappa shape index (κ2) is 6.76. The van der Waals surface area contributed by atoms with Crippen LogP contribution < -0.4 is 16.8 Å². The summed E-state index contributed by atoms with van der Waals surface area (Å²) in [7, 11) is -3.31. The molecule has 0 spiro atoms. The average Bonchev–Trinajstić information content (AvgIpc) is 2.13. The topological polar surface area (TPSA) is 115 Å². The standard InChI is InChI=1S/C8H18N3O3S/c1-15(13,14)6-11-8(12)7(10)4-2-3-5-9/h6-7H,2-5,9-10H2,1H3,(H,11,12)/t7-/m0/s1. The van der Waals surface area contributed by atoms with Crippen molar-refractivity contribution >= 4 is 15.7 Å². The summed E-state index contributed by atoms with van der Waals surface area (Å²) in [6.45, 7) is 0.559. The van der Waals surface area contributed by atoms with Crippen molar-refractivity contribution in [3.8, 4) is 0 Å². The van der Waals surface area contributed by atoms with Gasteiger partial charge in [0.1, 0.15) is 0 Å². The molecular formula is C8H18N3O3S. The lowest BCUT2D eigenvalue weighted by atomic mass is 10.1. The van der Waals surface area contributed by atoms with E-state index in [-0.39, 0.29) is 0 Å². The van der Waals surface area contributed by atoms with Crippen LogP contribution >= 0.6 is 0 Å². The van der Waals surface area contributed by atoms with Crippen LogP contribution in [0.5, 0.6) is 0 Å². The van der Waals surface area contributed by atoms with Crippen molar-refractivity contribution in [3.63, 3.8) is 0 Å². The SMILES string of the molecule is CS(=O)(=O)[CH]NC(=O)[C@@H](N)CCCCN. The van der Waals surface area contributed by atoms with Crippen LogP contribution in [0.1, 0.15) is 19.3 Å². The molecule has 0 aliphatic heterocycles. The van der Waals surface area contributed by atoms with Crippen molar-refractivity contribution in [2.45, 2.75) is 25.3 Å². The van der Waals surface area contributed by atoms with Gasteiger partial charge in [-0.25, -0.2) is 8.42 Å². The van der Waals surface area contributed by atoms with Gasteiger partial charge >= 0.3 is 0 Å². The summed E-state index contributed by atoms with van der Waals surface area (Å²) < 4.78 is 21.4. The van der Waals surface area contributed by atoms with Crippen LogP contribution in [0.25, 0.3) is 0 Å². The van der Waals surface area contributed by atoms with Crippen LogP contribution in [0, 0.1) is 5.88 Å². The van der Waals surface area contributed by atoms with E-state index in [0.717, 1.165) is 25.0 Å². The first kappa shape index (κ1) is 14.3. The maximum Gasteiger partial charge on any atom is 0.238 e. The molecule has 7 heteroatoms. The zero-order valence-corrected chi connectivity index (χ0v) is 9.59. The van der Waals surface area contributed by atoms with Crippen molar-refractivity contribution < 1.29 is 13.2 Å². The number of nitrogens with two attached hydrogens (primary N) is 2. The Morgan fingerprint density at radius 2 is 2.07 bits per heavy atom. The van der Waals surface area contributed by atoms with Crippen molar-refractivity contribution in [1.82, 2.24) is 5.32 Å². The first-order valence-corrected chi connectivity index (χ1v) is 6.61. The van der Waals surface area contributed by atoms with Gasteiger partial charge in [0.05, 0.1) is 6.04 Å². The molecule has 0 aromatic rings. The van der Waals surface area contributed by atoms with Gasteiger partial charge in [-0.3, -0.25) is 4.79 Å². The van der Waals surface area contributed by atoms with Gasteiger partial charge in [-0.1, -0.05) is 6.42 Å². The first-order valence-electron chi connectivity index (χ1n) is 4.66. The molecule has 0 fully saturated rings. The zero-order valence-electron chi connectivity index (χ0n) is 8.77. The number of carbonyl (C=O) groups is 1. The van der Waals surface area contributed by atoms with E-state index >= 15 is 0 Å². The first-order chi connectivity index (χ1) is 6.87. The number of hydrogen-bond acceptors (Lipinski definition) is 5. The number of nitrogens with one attached hydrogen (secondary N) is 1. The molecule has 0 saturated carbocycles. The molecule has 0 heterocycles. The van der Waals surface area contributed by atoms with E-state index in [9.17, 15) is 13.2 Å². The monoisotopic (exact) mass is 236 g/mol. The fourth-order valence-electron chi connectivity index (χ4n) is 0.912. The Balaban J connectivity index is 3.79. The number of carbonyl (C=O) groups excluding carboxylic acids is 1. The molecule has 6 nitrogen and oxygen atoms in total. The molecule has 0 saturated heterocycles. The Bertz CT molecular complexity index is 290. The quantitative estimate of drug-likeness (QED) is 0.476. The number of amides is 1.